The van der Waals surface area contributed by atoms with Crippen LogP contribution in [0.3, 0.4) is 0 Å². The smallest absolute Gasteiger partial charge is 0.311 e. The highest BCUT2D eigenvalue weighted by Crippen LogP contribution is 2.61. The molecule has 8 aliphatic heterocycles. The van der Waals surface area contributed by atoms with E-state index >= 15 is 0 Å². The molecule has 10 heteroatoms. The standard InChI is InChI=1S/C16H26O5.C15H22O5/c1-9-5-6-12-10(2)13(17-4)18-14-16(12)11(9)7-8-15(3,19-14)20-21-16;1-8-4-5-11-9(2)12(16)17-13-15(11)10(8)6-7-14(3,18-13)19-20-15/h9-14H,5-8H2,1-4H3;8-11,13H,4-7H2,1-3H3/t9-,10-,11?,12?,13+,14-,15+,16-;8-,9-,10?,11?,13-,14+,15-/m11/s1. The first-order chi connectivity index (χ1) is 19.5. The number of rotatable bonds is 1. The molecule has 2 spiro atoms. The Kier molecular flexibility index (Phi) is 6.92. The summed E-state index contributed by atoms with van der Waals surface area (Å²) >= 11 is 0. The van der Waals surface area contributed by atoms with Crippen molar-refractivity contribution in [2.75, 3.05) is 7.11 Å². The molecular weight excluding hydrogens is 532 g/mol. The third kappa shape index (κ3) is 4.07. The monoisotopic (exact) mass is 580 g/mol. The molecule has 10 rings (SSSR count). The molecule has 4 unspecified atom stereocenters. The maximum absolute atomic E-state index is 12.1. The SMILES string of the molecule is CO[C@H]1O[C@@H]2O[C@]3(C)CCC4[C@H](C)CCC([C@H]1C)[C@]42OO3.C[C@@H]1CCC2[C@@H](C)C(=O)O[C@@H]3O[C@]4(C)CCC1[C@@]23OO4. The van der Waals surface area contributed by atoms with Crippen LogP contribution < -0.4 is 0 Å². The van der Waals surface area contributed by atoms with Crippen LogP contribution in [0.2, 0.25) is 0 Å². The Balaban J connectivity index is 0.000000135. The molecule has 0 amide bonds. The molecule has 8 saturated heterocycles. The summed E-state index contributed by atoms with van der Waals surface area (Å²) in [6.45, 7) is 12.5. The van der Waals surface area contributed by atoms with E-state index in [1.165, 1.54) is 6.42 Å². The quantitative estimate of drug-likeness (QED) is 0.303. The molecule has 10 fully saturated rings. The van der Waals surface area contributed by atoms with E-state index in [1.54, 1.807) is 7.11 Å². The van der Waals surface area contributed by atoms with Crippen molar-refractivity contribution in [3.8, 4) is 0 Å². The zero-order chi connectivity index (χ0) is 28.9. The van der Waals surface area contributed by atoms with Crippen LogP contribution in [0.4, 0.5) is 0 Å². The van der Waals surface area contributed by atoms with Gasteiger partial charge in [-0.05, 0) is 70.1 Å². The average Bonchev–Trinajstić information content (AvgIpc) is 3.31. The summed E-state index contributed by atoms with van der Waals surface area (Å²) in [5.74, 6) is 0.816. The Hall–Kier alpha value is -0.850. The van der Waals surface area contributed by atoms with Gasteiger partial charge in [-0.2, -0.15) is 0 Å². The maximum atomic E-state index is 12.1. The molecular formula is C31H48O10. The average molecular weight is 581 g/mol. The van der Waals surface area contributed by atoms with Crippen molar-refractivity contribution in [1.29, 1.82) is 0 Å². The molecule has 0 aromatic heterocycles. The number of carbonyl (C=O) groups excluding carboxylic acids is 1. The van der Waals surface area contributed by atoms with E-state index in [2.05, 4.69) is 20.8 Å². The van der Waals surface area contributed by atoms with E-state index in [9.17, 15) is 4.79 Å². The molecule has 10 nitrogen and oxygen atoms in total. The largest absolute Gasteiger partial charge is 0.432 e. The van der Waals surface area contributed by atoms with Crippen LogP contribution in [0.25, 0.3) is 0 Å². The summed E-state index contributed by atoms with van der Waals surface area (Å²) in [6.07, 6.45) is 6.88. The molecule has 10 aliphatic rings. The zero-order valence-electron chi connectivity index (χ0n) is 25.6. The predicted octanol–water partition coefficient (Wildman–Crippen LogP) is 5.24. The van der Waals surface area contributed by atoms with Crippen LogP contribution in [0.5, 0.6) is 0 Å². The van der Waals surface area contributed by atoms with Crippen LogP contribution in [0, 0.1) is 47.3 Å². The number of ether oxygens (including phenoxy) is 5. The van der Waals surface area contributed by atoms with Gasteiger partial charge in [-0.25, -0.2) is 19.6 Å². The molecule has 8 heterocycles. The van der Waals surface area contributed by atoms with Crippen molar-refractivity contribution in [1.82, 2.24) is 0 Å². The van der Waals surface area contributed by atoms with Gasteiger partial charge in [-0.15, -0.1) is 0 Å². The van der Waals surface area contributed by atoms with Crippen molar-refractivity contribution in [2.24, 2.45) is 47.3 Å². The Bertz CT molecular complexity index is 1040. The fourth-order valence-corrected chi connectivity index (χ4v) is 9.90. The summed E-state index contributed by atoms with van der Waals surface area (Å²) in [7, 11) is 1.70. The van der Waals surface area contributed by atoms with E-state index in [4.69, 9.17) is 43.2 Å². The van der Waals surface area contributed by atoms with Crippen LogP contribution in [0.15, 0.2) is 0 Å². The lowest BCUT2D eigenvalue weighted by Crippen LogP contribution is -2.70. The molecule has 2 aliphatic carbocycles. The van der Waals surface area contributed by atoms with Gasteiger partial charge in [-0.3, -0.25) is 4.79 Å². The van der Waals surface area contributed by atoms with Gasteiger partial charge in [0.1, 0.15) is 0 Å². The summed E-state index contributed by atoms with van der Waals surface area (Å²) in [5, 5.41) is 0. The highest BCUT2D eigenvalue weighted by molar-refractivity contribution is 5.74. The first-order valence-electron chi connectivity index (χ1n) is 15.9. The normalized spacial score (nSPS) is 58.6. The van der Waals surface area contributed by atoms with Crippen LogP contribution >= 0.6 is 0 Å². The van der Waals surface area contributed by atoms with Crippen LogP contribution in [-0.2, 0) is 48.0 Å². The van der Waals surface area contributed by atoms with E-state index < -0.39 is 35.4 Å². The van der Waals surface area contributed by atoms with Gasteiger partial charge < -0.3 is 23.7 Å². The maximum Gasteiger partial charge on any atom is 0.311 e. The number of hydrogen-bond acceptors (Lipinski definition) is 10. The minimum Gasteiger partial charge on any atom is -0.432 e. The predicted molar refractivity (Wildman–Crippen MR) is 142 cm³/mol. The topological polar surface area (TPSA) is 100 Å². The molecule has 2 saturated carbocycles. The van der Waals surface area contributed by atoms with Crippen LogP contribution in [0.1, 0.15) is 92.9 Å². The van der Waals surface area contributed by atoms with Crippen molar-refractivity contribution in [2.45, 2.75) is 135 Å². The van der Waals surface area contributed by atoms with E-state index in [-0.39, 0.29) is 30.0 Å². The second kappa shape index (κ2) is 9.83. The van der Waals surface area contributed by atoms with E-state index in [0.717, 1.165) is 44.9 Å². The fraction of sp³-hybridized carbons (Fsp3) is 0.968. The molecule has 15 atom stereocenters. The lowest BCUT2D eigenvalue weighted by Gasteiger charge is -2.60. The second-order valence-corrected chi connectivity index (χ2v) is 14.6. The van der Waals surface area contributed by atoms with Gasteiger partial charge in [0.15, 0.2) is 23.8 Å². The van der Waals surface area contributed by atoms with Crippen molar-refractivity contribution in [3.63, 3.8) is 0 Å². The molecule has 41 heavy (non-hydrogen) atoms. The van der Waals surface area contributed by atoms with Crippen LogP contribution in [-0.4, -0.2) is 54.7 Å². The number of fused-ring (bicyclic) bond motifs is 4. The highest BCUT2D eigenvalue weighted by Gasteiger charge is 2.71. The van der Waals surface area contributed by atoms with Crippen molar-refractivity contribution < 1.29 is 48.0 Å². The lowest BCUT2D eigenvalue weighted by atomic mass is 9.58. The number of hydrogen-bond donors (Lipinski definition) is 0. The second-order valence-electron chi connectivity index (χ2n) is 14.6. The van der Waals surface area contributed by atoms with Crippen molar-refractivity contribution in [3.05, 3.63) is 0 Å². The molecule has 0 aromatic rings. The van der Waals surface area contributed by atoms with Gasteiger partial charge in [0, 0.05) is 43.6 Å². The van der Waals surface area contributed by atoms with Gasteiger partial charge in [0.2, 0.25) is 17.9 Å². The fourth-order valence-electron chi connectivity index (χ4n) is 9.90. The molecule has 0 aromatic carbocycles. The highest BCUT2D eigenvalue weighted by atomic mass is 17.3. The summed E-state index contributed by atoms with van der Waals surface area (Å²) in [4.78, 5) is 35.5. The Labute approximate surface area is 243 Å². The lowest BCUT2D eigenvalue weighted by molar-refractivity contribution is -0.577. The molecule has 0 radical (unpaired) electrons. The van der Waals surface area contributed by atoms with Gasteiger partial charge in [0.05, 0.1) is 5.92 Å². The van der Waals surface area contributed by atoms with Crippen molar-refractivity contribution >= 4 is 5.97 Å². The number of esters is 1. The van der Waals surface area contributed by atoms with Gasteiger partial charge in [0.25, 0.3) is 0 Å². The minimum absolute atomic E-state index is 0.123. The zero-order valence-corrected chi connectivity index (χ0v) is 25.6. The third-order valence-electron chi connectivity index (χ3n) is 12.3. The summed E-state index contributed by atoms with van der Waals surface area (Å²) < 4.78 is 29.5. The Morgan fingerprint density at radius 3 is 1.80 bits per heavy atom. The van der Waals surface area contributed by atoms with E-state index in [1.807, 2.05) is 20.8 Å². The van der Waals surface area contributed by atoms with Gasteiger partial charge >= 0.3 is 5.97 Å². The first-order valence-corrected chi connectivity index (χ1v) is 15.9. The molecule has 4 bridgehead atoms. The summed E-state index contributed by atoms with van der Waals surface area (Å²) in [5.41, 5.74) is -1.08. The first kappa shape index (κ1) is 28.9. The Morgan fingerprint density at radius 2 is 1.22 bits per heavy atom. The van der Waals surface area contributed by atoms with Gasteiger partial charge in [-0.1, -0.05) is 27.7 Å². The number of methoxy groups -OCH3 is 1. The summed E-state index contributed by atoms with van der Waals surface area (Å²) in [6, 6.07) is 0. The molecule has 0 N–H and O–H groups in total. The number of carbonyl (C=O) groups is 1. The third-order valence-corrected chi connectivity index (χ3v) is 12.3. The van der Waals surface area contributed by atoms with E-state index in [0.29, 0.717) is 29.6 Å². The Morgan fingerprint density at radius 1 is 0.683 bits per heavy atom. The minimum atomic E-state index is -0.793. The molecule has 232 valence electrons.